The van der Waals surface area contributed by atoms with Crippen LogP contribution in [0.4, 0.5) is 0 Å². The number of carbonyl (C=O) groups is 1. The zero-order valence-corrected chi connectivity index (χ0v) is 10.7. The van der Waals surface area contributed by atoms with Crippen molar-refractivity contribution in [3.05, 3.63) is 0 Å². The third-order valence-electron chi connectivity index (χ3n) is 3.57. The molecule has 0 heterocycles. The van der Waals surface area contributed by atoms with E-state index in [9.17, 15) is 4.79 Å². The quantitative estimate of drug-likeness (QED) is 0.751. The third kappa shape index (κ3) is 4.12. The predicted molar refractivity (Wildman–Crippen MR) is 64.9 cm³/mol. The molecular formula is C13H25NO2. The van der Waals surface area contributed by atoms with Crippen LogP contribution >= 0.6 is 0 Å². The average Bonchev–Trinajstić information content (AvgIpc) is 2.21. The summed E-state index contributed by atoms with van der Waals surface area (Å²) in [5, 5.41) is 0. The fourth-order valence-electron chi connectivity index (χ4n) is 2.10. The van der Waals surface area contributed by atoms with Crippen LogP contribution in [0.3, 0.4) is 0 Å². The molecule has 0 spiro atoms. The van der Waals surface area contributed by atoms with E-state index < -0.39 is 0 Å². The monoisotopic (exact) mass is 227 g/mol. The van der Waals surface area contributed by atoms with Crippen LogP contribution in [-0.2, 0) is 9.53 Å². The highest BCUT2D eigenvalue weighted by molar-refractivity contribution is 5.70. The summed E-state index contributed by atoms with van der Waals surface area (Å²) in [7, 11) is 0. The molecule has 0 aromatic heterocycles. The Morgan fingerprint density at radius 3 is 2.56 bits per heavy atom. The summed E-state index contributed by atoms with van der Waals surface area (Å²) in [6.45, 7) is 6.22. The number of nitrogens with two attached hydrogens (primary N) is 1. The van der Waals surface area contributed by atoms with Gasteiger partial charge in [0.25, 0.3) is 0 Å². The van der Waals surface area contributed by atoms with Gasteiger partial charge in [0.15, 0.2) is 0 Å². The fourth-order valence-corrected chi connectivity index (χ4v) is 2.10. The molecule has 0 aliphatic heterocycles. The summed E-state index contributed by atoms with van der Waals surface area (Å²) in [5.74, 6) is 0.712. The van der Waals surface area contributed by atoms with Crippen molar-refractivity contribution in [2.45, 2.75) is 65.0 Å². The summed E-state index contributed by atoms with van der Waals surface area (Å²) in [6, 6.07) is -0.0774. The smallest absolute Gasteiger partial charge is 0.307 e. The van der Waals surface area contributed by atoms with Gasteiger partial charge < -0.3 is 10.5 Å². The van der Waals surface area contributed by atoms with Crippen molar-refractivity contribution < 1.29 is 9.53 Å². The Hall–Kier alpha value is -0.570. The molecule has 0 amide bonds. The second kappa shape index (κ2) is 6.24. The lowest BCUT2D eigenvalue weighted by Crippen LogP contribution is -2.34. The van der Waals surface area contributed by atoms with Crippen molar-refractivity contribution in [1.29, 1.82) is 0 Å². The van der Waals surface area contributed by atoms with Gasteiger partial charge in [0.05, 0.1) is 6.42 Å². The highest BCUT2D eigenvalue weighted by atomic mass is 16.5. The number of esters is 1. The summed E-state index contributed by atoms with van der Waals surface area (Å²) < 4.78 is 5.51. The molecule has 1 fully saturated rings. The Bertz CT molecular complexity index is 228. The largest absolute Gasteiger partial charge is 0.462 e. The van der Waals surface area contributed by atoms with E-state index >= 15 is 0 Å². The molecule has 3 unspecified atom stereocenters. The Morgan fingerprint density at radius 2 is 2.00 bits per heavy atom. The van der Waals surface area contributed by atoms with Crippen LogP contribution in [0.2, 0.25) is 0 Å². The maximum atomic E-state index is 11.7. The van der Waals surface area contributed by atoms with E-state index in [1.807, 2.05) is 13.8 Å². The third-order valence-corrected chi connectivity index (χ3v) is 3.57. The zero-order valence-electron chi connectivity index (χ0n) is 10.7. The number of ether oxygens (including phenoxy) is 1. The van der Waals surface area contributed by atoms with Crippen LogP contribution in [0.15, 0.2) is 0 Å². The van der Waals surface area contributed by atoms with Gasteiger partial charge in [-0.25, -0.2) is 0 Å². The molecule has 0 saturated heterocycles. The number of rotatable bonds is 4. The second-order valence-electron chi connectivity index (χ2n) is 5.40. The number of carbonyl (C=O) groups excluding carboxylic acids is 1. The van der Waals surface area contributed by atoms with Gasteiger partial charge >= 0.3 is 5.97 Å². The molecule has 1 aliphatic carbocycles. The van der Waals surface area contributed by atoms with Crippen LogP contribution in [0, 0.1) is 11.8 Å². The molecule has 3 heteroatoms. The minimum atomic E-state index is -0.125. The summed E-state index contributed by atoms with van der Waals surface area (Å²) in [5.41, 5.74) is 5.86. The van der Waals surface area contributed by atoms with Crippen molar-refractivity contribution >= 4 is 5.97 Å². The minimum Gasteiger partial charge on any atom is -0.462 e. The van der Waals surface area contributed by atoms with Gasteiger partial charge in [-0.3, -0.25) is 4.79 Å². The topological polar surface area (TPSA) is 52.3 Å². The van der Waals surface area contributed by atoms with Crippen molar-refractivity contribution in [1.82, 2.24) is 0 Å². The number of hydrogen-bond acceptors (Lipinski definition) is 3. The highest BCUT2D eigenvalue weighted by Gasteiger charge is 2.25. The van der Waals surface area contributed by atoms with Crippen molar-refractivity contribution in [3.63, 3.8) is 0 Å². The SMILES string of the molecule is CC(C)C(N)CC(=O)OC1CCCCC1C. The van der Waals surface area contributed by atoms with Gasteiger partial charge in [0.2, 0.25) is 0 Å². The van der Waals surface area contributed by atoms with Crippen LogP contribution in [0.25, 0.3) is 0 Å². The average molecular weight is 227 g/mol. The first-order valence-electron chi connectivity index (χ1n) is 6.45. The second-order valence-corrected chi connectivity index (χ2v) is 5.40. The van der Waals surface area contributed by atoms with E-state index in [1.54, 1.807) is 0 Å². The maximum Gasteiger partial charge on any atom is 0.307 e. The molecule has 0 aromatic rings. The molecule has 0 radical (unpaired) electrons. The lowest BCUT2D eigenvalue weighted by atomic mass is 9.88. The van der Waals surface area contributed by atoms with Gasteiger partial charge in [-0.2, -0.15) is 0 Å². The molecule has 0 bridgehead atoms. The minimum absolute atomic E-state index is 0.0774. The Balaban J connectivity index is 2.32. The van der Waals surface area contributed by atoms with Crippen LogP contribution in [0.5, 0.6) is 0 Å². The first-order chi connectivity index (χ1) is 7.50. The molecule has 3 atom stereocenters. The van der Waals surface area contributed by atoms with Crippen LogP contribution in [-0.4, -0.2) is 18.1 Å². The fraction of sp³-hybridized carbons (Fsp3) is 0.923. The lowest BCUT2D eigenvalue weighted by molar-refractivity contribution is -0.153. The first-order valence-corrected chi connectivity index (χ1v) is 6.45. The molecule has 3 nitrogen and oxygen atoms in total. The number of hydrogen-bond donors (Lipinski definition) is 1. The van der Waals surface area contributed by atoms with E-state index in [0.717, 1.165) is 6.42 Å². The van der Waals surface area contributed by atoms with Crippen LogP contribution in [0.1, 0.15) is 52.9 Å². The summed E-state index contributed by atoms with van der Waals surface area (Å²) >= 11 is 0. The van der Waals surface area contributed by atoms with Crippen molar-refractivity contribution in [3.8, 4) is 0 Å². The predicted octanol–water partition coefficient (Wildman–Crippen LogP) is 2.48. The van der Waals surface area contributed by atoms with Gasteiger partial charge in [0.1, 0.15) is 6.10 Å². The van der Waals surface area contributed by atoms with Crippen molar-refractivity contribution in [2.24, 2.45) is 17.6 Å². The first kappa shape index (κ1) is 13.5. The molecule has 16 heavy (non-hydrogen) atoms. The summed E-state index contributed by atoms with van der Waals surface area (Å²) in [4.78, 5) is 11.7. The van der Waals surface area contributed by atoms with Gasteiger partial charge in [-0.05, 0) is 31.1 Å². The molecule has 1 saturated carbocycles. The highest BCUT2D eigenvalue weighted by Crippen LogP contribution is 2.26. The van der Waals surface area contributed by atoms with E-state index in [4.69, 9.17) is 10.5 Å². The van der Waals surface area contributed by atoms with Gasteiger partial charge in [0, 0.05) is 6.04 Å². The molecule has 0 aromatic carbocycles. The normalized spacial score (nSPS) is 27.8. The van der Waals surface area contributed by atoms with E-state index in [2.05, 4.69) is 6.92 Å². The Morgan fingerprint density at radius 1 is 1.38 bits per heavy atom. The Kier molecular flexibility index (Phi) is 5.26. The molecule has 2 N–H and O–H groups in total. The van der Waals surface area contributed by atoms with Crippen LogP contribution < -0.4 is 5.73 Å². The molecular weight excluding hydrogens is 202 g/mol. The van der Waals surface area contributed by atoms with E-state index in [0.29, 0.717) is 18.3 Å². The van der Waals surface area contributed by atoms with E-state index in [-0.39, 0.29) is 18.1 Å². The maximum absolute atomic E-state index is 11.7. The molecule has 1 aliphatic rings. The van der Waals surface area contributed by atoms with Crippen molar-refractivity contribution in [2.75, 3.05) is 0 Å². The van der Waals surface area contributed by atoms with E-state index in [1.165, 1.54) is 19.3 Å². The molecule has 1 rings (SSSR count). The van der Waals surface area contributed by atoms with Gasteiger partial charge in [-0.15, -0.1) is 0 Å². The summed E-state index contributed by atoms with van der Waals surface area (Å²) in [6.07, 6.45) is 5.11. The zero-order chi connectivity index (χ0) is 12.1. The molecule has 94 valence electrons. The lowest BCUT2D eigenvalue weighted by Gasteiger charge is -2.29. The standard InChI is InChI=1S/C13H25NO2/c1-9(2)11(14)8-13(15)16-12-7-5-4-6-10(12)3/h9-12H,4-8,14H2,1-3H3. The van der Waals surface area contributed by atoms with Gasteiger partial charge in [-0.1, -0.05) is 27.2 Å². The Labute approximate surface area is 98.7 Å².